The van der Waals surface area contributed by atoms with Crippen molar-refractivity contribution in [2.45, 2.75) is 17.9 Å². The summed E-state index contributed by atoms with van der Waals surface area (Å²) in [5, 5.41) is 3.16. The van der Waals surface area contributed by atoms with E-state index in [1.165, 1.54) is 18.2 Å². The van der Waals surface area contributed by atoms with Gasteiger partial charge in [0.25, 0.3) is 5.91 Å². The van der Waals surface area contributed by atoms with Gasteiger partial charge >= 0.3 is 0 Å². The van der Waals surface area contributed by atoms with Crippen molar-refractivity contribution in [2.24, 2.45) is 0 Å². The fourth-order valence-electron chi connectivity index (χ4n) is 2.47. The van der Waals surface area contributed by atoms with E-state index in [1.54, 1.807) is 18.2 Å². The first-order chi connectivity index (χ1) is 11.8. The van der Waals surface area contributed by atoms with Crippen LogP contribution in [0.15, 0.2) is 41.3 Å². The standard InChI is InChI=1S/C17H16ClNO5S/c1-10(11-3-5-13(6-4-11)25(2,21)22)19-17(20)12-7-14(18)16-15(8-12)23-9-24-16/h3-8,10H,9H2,1-2H3,(H,19,20)/t10-/m0/s1. The Bertz CT molecular complexity index is 925. The van der Waals surface area contributed by atoms with Gasteiger partial charge in [0.15, 0.2) is 21.3 Å². The van der Waals surface area contributed by atoms with Crippen LogP contribution in [-0.2, 0) is 9.84 Å². The third-order valence-corrected chi connectivity index (χ3v) is 5.25. The molecule has 0 aliphatic carbocycles. The number of amides is 1. The van der Waals surface area contributed by atoms with E-state index in [2.05, 4.69) is 5.32 Å². The van der Waals surface area contributed by atoms with Gasteiger partial charge in [-0.1, -0.05) is 23.7 Å². The molecule has 1 N–H and O–H groups in total. The fourth-order valence-corrected chi connectivity index (χ4v) is 3.36. The number of fused-ring (bicyclic) bond motifs is 1. The van der Waals surface area contributed by atoms with Crippen LogP contribution in [0, 0.1) is 0 Å². The molecule has 0 saturated carbocycles. The summed E-state index contributed by atoms with van der Waals surface area (Å²) in [6.45, 7) is 1.88. The number of hydrogen-bond donors (Lipinski definition) is 1. The SMILES string of the molecule is C[C@H](NC(=O)c1cc(Cl)c2c(c1)OCO2)c1ccc(S(C)(=O)=O)cc1. The molecule has 6 nitrogen and oxygen atoms in total. The van der Waals surface area contributed by atoms with E-state index in [4.69, 9.17) is 21.1 Å². The molecule has 0 fully saturated rings. The molecule has 25 heavy (non-hydrogen) atoms. The molecule has 1 heterocycles. The lowest BCUT2D eigenvalue weighted by Crippen LogP contribution is -2.26. The molecule has 1 aliphatic rings. The summed E-state index contributed by atoms with van der Waals surface area (Å²) in [5.74, 6) is 0.547. The van der Waals surface area contributed by atoms with E-state index in [9.17, 15) is 13.2 Å². The quantitative estimate of drug-likeness (QED) is 0.880. The smallest absolute Gasteiger partial charge is 0.251 e. The highest BCUT2D eigenvalue weighted by atomic mass is 35.5. The van der Waals surface area contributed by atoms with Gasteiger partial charge in [-0.2, -0.15) is 0 Å². The second-order valence-corrected chi connectivity index (χ2v) is 8.15. The van der Waals surface area contributed by atoms with Crippen LogP contribution in [0.25, 0.3) is 0 Å². The van der Waals surface area contributed by atoms with Gasteiger partial charge in [-0.25, -0.2) is 8.42 Å². The van der Waals surface area contributed by atoms with E-state index in [0.29, 0.717) is 22.1 Å². The molecule has 2 aromatic carbocycles. The number of hydrogen-bond acceptors (Lipinski definition) is 5. The van der Waals surface area contributed by atoms with Crippen molar-refractivity contribution in [3.8, 4) is 11.5 Å². The van der Waals surface area contributed by atoms with Crippen LogP contribution in [-0.4, -0.2) is 27.4 Å². The Kier molecular flexibility index (Phi) is 4.62. The van der Waals surface area contributed by atoms with E-state index >= 15 is 0 Å². The number of benzene rings is 2. The number of nitrogens with one attached hydrogen (secondary N) is 1. The van der Waals surface area contributed by atoms with E-state index in [1.807, 2.05) is 6.92 Å². The zero-order valence-electron chi connectivity index (χ0n) is 13.6. The van der Waals surface area contributed by atoms with E-state index < -0.39 is 9.84 Å². The van der Waals surface area contributed by atoms with Gasteiger partial charge in [0.2, 0.25) is 6.79 Å². The largest absolute Gasteiger partial charge is 0.454 e. The maximum absolute atomic E-state index is 12.4. The Morgan fingerprint density at radius 2 is 1.88 bits per heavy atom. The fraction of sp³-hybridized carbons (Fsp3) is 0.235. The van der Waals surface area contributed by atoms with Crippen LogP contribution in [0.5, 0.6) is 11.5 Å². The van der Waals surface area contributed by atoms with Crippen molar-refractivity contribution in [1.29, 1.82) is 0 Å². The molecule has 3 rings (SSSR count). The van der Waals surface area contributed by atoms with E-state index in [0.717, 1.165) is 11.8 Å². The molecule has 0 spiro atoms. The van der Waals surface area contributed by atoms with Crippen molar-refractivity contribution in [1.82, 2.24) is 5.32 Å². The molecule has 8 heteroatoms. The summed E-state index contributed by atoms with van der Waals surface area (Å²) in [6.07, 6.45) is 1.15. The van der Waals surface area contributed by atoms with Gasteiger partial charge in [-0.05, 0) is 36.8 Å². The van der Waals surface area contributed by atoms with Crippen molar-refractivity contribution in [3.05, 3.63) is 52.5 Å². The summed E-state index contributed by atoms with van der Waals surface area (Å²) in [7, 11) is -3.25. The topological polar surface area (TPSA) is 81.7 Å². The second-order valence-electron chi connectivity index (χ2n) is 5.73. The first kappa shape index (κ1) is 17.6. The normalized spacial score (nSPS) is 14.2. The average molecular weight is 382 g/mol. The van der Waals surface area contributed by atoms with Gasteiger partial charge in [0, 0.05) is 11.8 Å². The number of carbonyl (C=O) groups excluding carboxylic acids is 1. The summed E-state index contributed by atoms with van der Waals surface area (Å²) in [5.41, 5.74) is 1.14. The summed E-state index contributed by atoms with van der Waals surface area (Å²) >= 11 is 6.09. The summed E-state index contributed by atoms with van der Waals surface area (Å²) < 4.78 is 33.5. The molecule has 132 valence electrons. The number of sulfone groups is 1. The van der Waals surface area contributed by atoms with Crippen LogP contribution in [0.3, 0.4) is 0 Å². The highest BCUT2D eigenvalue weighted by Crippen LogP contribution is 2.39. The Morgan fingerprint density at radius 3 is 2.52 bits per heavy atom. The number of carbonyl (C=O) groups is 1. The number of rotatable bonds is 4. The maximum Gasteiger partial charge on any atom is 0.251 e. The Morgan fingerprint density at radius 1 is 1.20 bits per heavy atom. The molecule has 0 radical (unpaired) electrons. The van der Waals surface area contributed by atoms with Crippen molar-refractivity contribution in [2.75, 3.05) is 13.0 Å². The lowest BCUT2D eigenvalue weighted by molar-refractivity contribution is 0.0939. The van der Waals surface area contributed by atoms with Crippen molar-refractivity contribution >= 4 is 27.3 Å². The molecule has 1 amide bonds. The summed E-state index contributed by atoms with van der Waals surface area (Å²) in [4.78, 5) is 12.7. The van der Waals surface area contributed by atoms with Crippen LogP contribution >= 0.6 is 11.6 Å². The Labute approximate surface area is 150 Å². The lowest BCUT2D eigenvalue weighted by atomic mass is 10.1. The predicted molar refractivity (Wildman–Crippen MR) is 93.0 cm³/mol. The molecule has 0 unspecified atom stereocenters. The van der Waals surface area contributed by atoms with Gasteiger partial charge < -0.3 is 14.8 Å². The highest BCUT2D eigenvalue weighted by molar-refractivity contribution is 7.90. The van der Waals surface area contributed by atoms with Crippen LogP contribution in [0.1, 0.15) is 28.9 Å². The third-order valence-electron chi connectivity index (χ3n) is 3.85. The molecule has 1 aliphatic heterocycles. The minimum atomic E-state index is -3.25. The molecule has 2 aromatic rings. The minimum Gasteiger partial charge on any atom is -0.454 e. The van der Waals surface area contributed by atoms with Gasteiger partial charge in [-0.3, -0.25) is 4.79 Å². The van der Waals surface area contributed by atoms with Gasteiger partial charge in [0.1, 0.15) is 0 Å². The van der Waals surface area contributed by atoms with Gasteiger partial charge in [-0.15, -0.1) is 0 Å². The van der Waals surface area contributed by atoms with Gasteiger partial charge in [0.05, 0.1) is 16.0 Å². The highest BCUT2D eigenvalue weighted by Gasteiger charge is 2.21. The zero-order valence-corrected chi connectivity index (χ0v) is 15.1. The Hall–Kier alpha value is -2.25. The predicted octanol–water partition coefficient (Wildman–Crippen LogP) is 2.96. The summed E-state index contributed by atoms with van der Waals surface area (Å²) in [6, 6.07) is 9.16. The van der Waals surface area contributed by atoms with Crippen LogP contribution in [0.4, 0.5) is 0 Å². The lowest BCUT2D eigenvalue weighted by Gasteiger charge is -2.15. The number of halogens is 1. The minimum absolute atomic E-state index is 0.0726. The van der Waals surface area contributed by atoms with Crippen molar-refractivity contribution in [3.63, 3.8) is 0 Å². The molecule has 0 aromatic heterocycles. The zero-order chi connectivity index (χ0) is 18.2. The van der Waals surface area contributed by atoms with E-state index in [-0.39, 0.29) is 23.6 Å². The molecular formula is C17H16ClNO5S. The Balaban J connectivity index is 1.76. The third kappa shape index (κ3) is 3.72. The molecular weight excluding hydrogens is 366 g/mol. The molecule has 0 bridgehead atoms. The monoisotopic (exact) mass is 381 g/mol. The van der Waals surface area contributed by atoms with Crippen LogP contribution < -0.4 is 14.8 Å². The average Bonchev–Trinajstić information content (AvgIpc) is 3.03. The number of ether oxygens (including phenoxy) is 2. The first-order valence-electron chi connectivity index (χ1n) is 7.46. The second kappa shape index (κ2) is 6.57. The maximum atomic E-state index is 12.4. The first-order valence-corrected chi connectivity index (χ1v) is 9.72. The van der Waals surface area contributed by atoms with Crippen LogP contribution in [0.2, 0.25) is 5.02 Å². The molecule has 1 atom stereocenters. The van der Waals surface area contributed by atoms with Crippen molar-refractivity contribution < 1.29 is 22.7 Å². The molecule has 0 saturated heterocycles.